The number of carbonyl (C=O) groups is 1. The second-order valence-corrected chi connectivity index (χ2v) is 5.91. The Bertz CT molecular complexity index is 758. The number of anilines is 1. The number of amides is 1. The lowest BCUT2D eigenvalue weighted by Gasteiger charge is -2.35. The van der Waals surface area contributed by atoms with Gasteiger partial charge in [-0.3, -0.25) is 4.79 Å². The molecule has 0 aromatic carbocycles. The van der Waals surface area contributed by atoms with Crippen LogP contribution in [0.2, 0.25) is 0 Å². The molecule has 0 saturated carbocycles. The van der Waals surface area contributed by atoms with E-state index < -0.39 is 0 Å². The zero-order chi connectivity index (χ0) is 18.5. The summed E-state index contributed by atoms with van der Waals surface area (Å²) in [4.78, 5) is 29.5. The molecule has 8 heteroatoms. The molecule has 26 heavy (non-hydrogen) atoms. The van der Waals surface area contributed by atoms with E-state index in [1.54, 1.807) is 25.4 Å². The number of ether oxygens (including phenoxy) is 2. The molecule has 3 rings (SSSR count). The highest BCUT2D eigenvalue weighted by Crippen LogP contribution is 2.19. The van der Waals surface area contributed by atoms with Gasteiger partial charge >= 0.3 is 0 Å². The van der Waals surface area contributed by atoms with E-state index in [-0.39, 0.29) is 5.91 Å². The summed E-state index contributed by atoms with van der Waals surface area (Å²) in [6.45, 7) is 6.94. The van der Waals surface area contributed by atoms with E-state index in [9.17, 15) is 4.79 Å². The van der Waals surface area contributed by atoms with Crippen LogP contribution in [0.1, 0.15) is 23.1 Å². The first-order valence-corrected chi connectivity index (χ1v) is 8.63. The van der Waals surface area contributed by atoms with Gasteiger partial charge in [-0.05, 0) is 19.9 Å². The molecule has 0 unspecified atom stereocenters. The van der Waals surface area contributed by atoms with Crippen LogP contribution in [0.4, 0.5) is 5.82 Å². The third kappa shape index (κ3) is 4.01. The van der Waals surface area contributed by atoms with Gasteiger partial charge in [0.2, 0.25) is 11.8 Å². The van der Waals surface area contributed by atoms with Gasteiger partial charge in [0.25, 0.3) is 5.91 Å². The van der Waals surface area contributed by atoms with Crippen molar-refractivity contribution in [3.8, 4) is 11.8 Å². The van der Waals surface area contributed by atoms with Gasteiger partial charge in [-0.25, -0.2) is 9.97 Å². The number of pyridine rings is 1. The van der Waals surface area contributed by atoms with E-state index in [0.717, 1.165) is 5.82 Å². The van der Waals surface area contributed by atoms with Crippen molar-refractivity contribution in [1.29, 1.82) is 0 Å². The van der Waals surface area contributed by atoms with Crippen LogP contribution in [0, 0.1) is 6.92 Å². The van der Waals surface area contributed by atoms with Gasteiger partial charge in [0.1, 0.15) is 11.6 Å². The van der Waals surface area contributed by atoms with Crippen molar-refractivity contribution in [2.75, 3.05) is 44.8 Å². The molecule has 0 atom stereocenters. The van der Waals surface area contributed by atoms with E-state index in [1.165, 1.54) is 0 Å². The SMILES string of the molecule is CCOc1ccc(C(=O)N2CCN(c3cc(OC)nc(C)n3)CC2)cn1. The summed E-state index contributed by atoms with van der Waals surface area (Å²) < 4.78 is 10.5. The summed E-state index contributed by atoms with van der Waals surface area (Å²) in [5.74, 6) is 2.55. The maximum absolute atomic E-state index is 12.6. The second kappa shape index (κ2) is 7.99. The van der Waals surface area contributed by atoms with Crippen molar-refractivity contribution in [2.24, 2.45) is 0 Å². The lowest BCUT2D eigenvalue weighted by atomic mass is 10.2. The molecule has 1 fully saturated rings. The third-order valence-corrected chi connectivity index (χ3v) is 4.18. The minimum atomic E-state index is -0.0170. The molecular weight excluding hydrogens is 334 g/mol. The maximum atomic E-state index is 12.6. The molecule has 1 saturated heterocycles. The van der Waals surface area contributed by atoms with E-state index in [4.69, 9.17) is 9.47 Å². The van der Waals surface area contributed by atoms with Crippen molar-refractivity contribution in [2.45, 2.75) is 13.8 Å². The van der Waals surface area contributed by atoms with Crippen LogP contribution in [0.25, 0.3) is 0 Å². The summed E-state index contributed by atoms with van der Waals surface area (Å²) in [5, 5.41) is 0. The molecule has 2 aromatic heterocycles. The number of rotatable bonds is 5. The van der Waals surface area contributed by atoms with E-state index >= 15 is 0 Å². The molecule has 0 aliphatic carbocycles. The normalized spacial score (nSPS) is 14.3. The molecule has 1 aliphatic heterocycles. The topological polar surface area (TPSA) is 80.7 Å². The molecule has 1 amide bonds. The van der Waals surface area contributed by atoms with Crippen molar-refractivity contribution >= 4 is 11.7 Å². The summed E-state index contributed by atoms with van der Waals surface area (Å²) in [6, 6.07) is 5.30. The monoisotopic (exact) mass is 357 g/mol. The summed E-state index contributed by atoms with van der Waals surface area (Å²) >= 11 is 0. The number of hydrogen-bond donors (Lipinski definition) is 0. The number of hydrogen-bond acceptors (Lipinski definition) is 7. The van der Waals surface area contributed by atoms with E-state index in [2.05, 4.69) is 19.9 Å². The average Bonchev–Trinajstić information content (AvgIpc) is 2.68. The highest BCUT2D eigenvalue weighted by molar-refractivity contribution is 5.94. The third-order valence-electron chi connectivity index (χ3n) is 4.18. The van der Waals surface area contributed by atoms with Gasteiger partial charge < -0.3 is 19.3 Å². The quantitative estimate of drug-likeness (QED) is 0.803. The fourth-order valence-corrected chi connectivity index (χ4v) is 2.85. The zero-order valence-electron chi connectivity index (χ0n) is 15.3. The van der Waals surface area contributed by atoms with Gasteiger partial charge in [-0.2, -0.15) is 4.98 Å². The van der Waals surface area contributed by atoms with Crippen LogP contribution in [-0.4, -0.2) is 65.7 Å². The molecule has 2 aromatic rings. The highest BCUT2D eigenvalue weighted by Gasteiger charge is 2.23. The van der Waals surface area contributed by atoms with Crippen LogP contribution in [0.3, 0.4) is 0 Å². The van der Waals surface area contributed by atoms with E-state index in [1.807, 2.05) is 24.8 Å². The molecule has 0 radical (unpaired) electrons. The Kier molecular flexibility index (Phi) is 5.50. The fourth-order valence-electron chi connectivity index (χ4n) is 2.85. The number of carbonyl (C=O) groups excluding carboxylic acids is 1. The van der Waals surface area contributed by atoms with Crippen LogP contribution < -0.4 is 14.4 Å². The molecule has 1 aliphatic rings. The number of methoxy groups -OCH3 is 1. The van der Waals surface area contributed by atoms with E-state index in [0.29, 0.717) is 55.9 Å². The van der Waals surface area contributed by atoms with Crippen molar-refractivity contribution < 1.29 is 14.3 Å². The molecule has 0 spiro atoms. The van der Waals surface area contributed by atoms with Gasteiger partial charge in [-0.1, -0.05) is 0 Å². The number of nitrogens with zero attached hydrogens (tertiary/aromatic N) is 5. The minimum absolute atomic E-state index is 0.0170. The Hall–Kier alpha value is -2.90. The Labute approximate surface area is 152 Å². The Morgan fingerprint density at radius 2 is 1.92 bits per heavy atom. The van der Waals surface area contributed by atoms with Gasteiger partial charge in [0.15, 0.2) is 0 Å². The molecule has 8 nitrogen and oxygen atoms in total. The number of aromatic nitrogens is 3. The predicted octanol–water partition coefficient (Wildman–Crippen LogP) is 1.55. The van der Waals surface area contributed by atoms with Crippen LogP contribution >= 0.6 is 0 Å². The Balaban J connectivity index is 1.62. The predicted molar refractivity (Wildman–Crippen MR) is 96.8 cm³/mol. The average molecular weight is 357 g/mol. The number of piperazine rings is 1. The Morgan fingerprint density at radius 1 is 1.15 bits per heavy atom. The van der Waals surface area contributed by atoms with Gasteiger partial charge in [-0.15, -0.1) is 0 Å². The highest BCUT2D eigenvalue weighted by atomic mass is 16.5. The van der Waals surface area contributed by atoms with Crippen LogP contribution in [0.15, 0.2) is 24.4 Å². The fraction of sp³-hybridized carbons (Fsp3) is 0.444. The van der Waals surface area contributed by atoms with Gasteiger partial charge in [0, 0.05) is 44.5 Å². The summed E-state index contributed by atoms with van der Waals surface area (Å²) in [7, 11) is 1.59. The maximum Gasteiger partial charge on any atom is 0.255 e. The van der Waals surface area contributed by atoms with Crippen molar-refractivity contribution in [3.63, 3.8) is 0 Å². The number of aryl methyl sites for hydroxylation is 1. The first-order valence-electron chi connectivity index (χ1n) is 8.63. The Morgan fingerprint density at radius 3 is 2.54 bits per heavy atom. The molecule has 3 heterocycles. The van der Waals surface area contributed by atoms with Crippen molar-refractivity contribution in [1.82, 2.24) is 19.9 Å². The molecular formula is C18H23N5O3. The summed E-state index contributed by atoms with van der Waals surface area (Å²) in [6.07, 6.45) is 1.57. The second-order valence-electron chi connectivity index (χ2n) is 5.91. The van der Waals surface area contributed by atoms with Crippen LogP contribution in [0.5, 0.6) is 11.8 Å². The van der Waals surface area contributed by atoms with Crippen molar-refractivity contribution in [3.05, 3.63) is 35.8 Å². The lowest BCUT2D eigenvalue weighted by Crippen LogP contribution is -2.49. The lowest BCUT2D eigenvalue weighted by molar-refractivity contribution is 0.0746. The van der Waals surface area contributed by atoms with Gasteiger partial charge in [0.05, 0.1) is 19.3 Å². The standard InChI is InChI=1S/C18H23N5O3/c1-4-26-16-6-5-14(12-19-16)18(24)23-9-7-22(8-10-23)15-11-17(25-3)21-13(2)20-15/h5-6,11-12H,4,7-10H2,1-3H3. The zero-order valence-corrected chi connectivity index (χ0v) is 15.3. The minimum Gasteiger partial charge on any atom is -0.481 e. The first-order chi connectivity index (χ1) is 12.6. The summed E-state index contributed by atoms with van der Waals surface area (Å²) in [5.41, 5.74) is 0.571. The first kappa shape index (κ1) is 17.9. The molecule has 0 N–H and O–H groups in total. The molecule has 0 bridgehead atoms. The smallest absolute Gasteiger partial charge is 0.255 e. The molecule has 138 valence electrons. The van der Waals surface area contributed by atoms with Crippen LogP contribution in [-0.2, 0) is 0 Å². The largest absolute Gasteiger partial charge is 0.481 e.